The fraction of sp³-hybridized carbons (Fsp3) is 0.350. The first-order chi connectivity index (χ1) is 12.7. The third-order valence-corrected chi connectivity index (χ3v) is 4.04. The third kappa shape index (κ3) is 6.15. The number of halogens is 1. The van der Waals surface area contributed by atoms with E-state index >= 15 is 0 Å². The molecule has 6 heteroatoms. The van der Waals surface area contributed by atoms with Gasteiger partial charge in [0, 0.05) is 25.2 Å². The molecule has 2 N–H and O–H groups in total. The van der Waals surface area contributed by atoms with E-state index in [0.717, 1.165) is 41.0 Å². The number of hydrogen-bond donors (Lipinski definition) is 2. The Morgan fingerprint density at radius 1 is 1.08 bits per heavy atom. The average Bonchev–Trinajstić information content (AvgIpc) is 2.65. The van der Waals surface area contributed by atoms with E-state index in [2.05, 4.69) is 21.7 Å². The molecule has 0 fully saturated rings. The molecule has 0 saturated carbocycles. The van der Waals surface area contributed by atoms with Crippen molar-refractivity contribution in [3.05, 3.63) is 58.6 Å². The molecular formula is C20H26ClN3O2. The van der Waals surface area contributed by atoms with Crippen LogP contribution in [-0.4, -0.2) is 33.3 Å². The van der Waals surface area contributed by atoms with Crippen molar-refractivity contribution in [2.75, 3.05) is 27.3 Å². The summed E-state index contributed by atoms with van der Waals surface area (Å²) in [5.41, 5.74) is 2.28. The molecule has 5 nitrogen and oxygen atoms in total. The fourth-order valence-electron chi connectivity index (χ4n) is 2.52. The van der Waals surface area contributed by atoms with E-state index in [1.165, 1.54) is 5.56 Å². The molecule has 2 aromatic carbocycles. The molecule has 0 atom stereocenters. The number of benzene rings is 2. The highest BCUT2D eigenvalue weighted by molar-refractivity contribution is 6.30. The quantitative estimate of drug-likeness (QED) is 0.546. The second-order valence-corrected chi connectivity index (χ2v) is 6.09. The summed E-state index contributed by atoms with van der Waals surface area (Å²) in [7, 11) is 3.40. The van der Waals surface area contributed by atoms with E-state index in [1.807, 2.05) is 43.3 Å². The fourth-order valence-corrected chi connectivity index (χ4v) is 2.74. The van der Waals surface area contributed by atoms with Crippen LogP contribution in [0.3, 0.4) is 0 Å². The van der Waals surface area contributed by atoms with Crippen LogP contribution in [0, 0.1) is 0 Å². The maximum atomic E-state index is 6.01. The van der Waals surface area contributed by atoms with Gasteiger partial charge in [-0.05, 0) is 48.7 Å². The molecule has 140 valence electrons. The van der Waals surface area contributed by atoms with Crippen molar-refractivity contribution >= 4 is 17.6 Å². The molecule has 0 unspecified atom stereocenters. The smallest absolute Gasteiger partial charge is 0.191 e. The summed E-state index contributed by atoms with van der Waals surface area (Å²) in [5.74, 6) is 2.23. The van der Waals surface area contributed by atoms with Gasteiger partial charge in [0.1, 0.15) is 0 Å². The number of guanidine groups is 1. The monoisotopic (exact) mass is 375 g/mol. The lowest BCUT2D eigenvalue weighted by atomic mass is 10.1. The molecule has 0 saturated heterocycles. The predicted octanol–water partition coefficient (Wildman–Crippen LogP) is 3.66. The van der Waals surface area contributed by atoms with Crippen molar-refractivity contribution in [1.82, 2.24) is 10.6 Å². The lowest BCUT2D eigenvalue weighted by Gasteiger charge is -2.14. The molecule has 0 spiro atoms. The van der Waals surface area contributed by atoms with E-state index < -0.39 is 0 Å². The highest BCUT2D eigenvalue weighted by Crippen LogP contribution is 2.27. The van der Waals surface area contributed by atoms with Crippen molar-refractivity contribution in [3.63, 3.8) is 0 Å². The standard InChI is InChI=1S/C20H26ClN3O2/c1-4-26-19-13-16(8-9-18(19)25-3)14-24-20(22-2)23-11-10-15-6-5-7-17(21)12-15/h5-9,12-13H,4,10-11,14H2,1-3H3,(H2,22,23,24). The van der Waals surface area contributed by atoms with Crippen LogP contribution in [0.2, 0.25) is 5.02 Å². The summed E-state index contributed by atoms with van der Waals surface area (Å²) in [6, 6.07) is 13.8. The first-order valence-corrected chi connectivity index (χ1v) is 9.02. The molecule has 2 aromatic rings. The van der Waals surface area contributed by atoms with Crippen LogP contribution in [-0.2, 0) is 13.0 Å². The van der Waals surface area contributed by atoms with Crippen LogP contribution in [0.4, 0.5) is 0 Å². The van der Waals surface area contributed by atoms with Crippen molar-refractivity contribution in [2.24, 2.45) is 4.99 Å². The van der Waals surface area contributed by atoms with Gasteiger partial charge in [-0.2, -0.15) is 0 Å². The van der Waals surface area contributed by atoms with Crippen LogP contribution >= 0.6 is 11.6 Å². The van der Waals surface area contributed by atoms with Gasteiger partial charge in [0.25, 0.3) is 0 Å². The zero-order valence-electron chi connectivity index (χ0n) is 15.5. The van der Waals surface area contributed by atoms with Crippen molar-refractivity contribution < 1.29 is 9.47 Å². The van der Waals surface area contributed by atoms with E-state index in [1.54, 1.807) is 14.2 Å². The Balaban J connectivity index is 1.85. The molecular weight excluding hydrogens is 350 g/mol. The lowest BCUT2D eigenvalue weighted by Crippen LogP contribution is -2.37. The zero-order chi connectivity index (χ0) is 18.8. The average molecular weight is 376 g/mol. The molecule has 0 heterocycles. The summed E-state index contributed by atoms with van der Waals surface area (Å²) < 4.78 is 10.9. The maximum Gasteiger partial charge on any atom is 0.191 e. The normalized spacial score (nSPS) is 11.2. The van der Waals surface area contributed by atoms with Gasteiger partial charge in [0.05, 0.1) is 13.7 Å². The molecule has 0 aliphatic carbocycles. The first-order valence-electron chi connectivity index (χ1n) is 8.65. The number of aliphatic imine (C=N–C) groups is 1. The van der Waals surface area contributed by atoms with Gasteiger partial charge in [-0.15, -0.1) is 0 Å². The number of methoxy groups -OCH3 is 1. The topological polar surface area (TPSA) is 54.9 Å². The predicted molar refractivity (Wildman–Crippen MR) is 108 cm³/mol. The zero-order valence-corrected chi connectivity index (χ0v) is 16.3. The molecule has 0 aromatic heterocycles. The number of nitrogens with one attached hydrogen (secondary N) is 2. The lowest BCUT2D eigenvalue weighted by molar-refractivity contribution is 0.310. The highest BCUT2D eigenvalue weighted by atomic mass is 35.5. The van der Waals surface area contributed by atoms with Crippen molar-refractivity contribution in [2.45, 2.75) is 19.9 Å². The maximum absolute atomic E-state index is 6.01. The minimum absolute atomic E-state index is 0.597. The van der Waals surface area contributed by atoms with E-state index in [4.69, 9.17) is 21.1 Å². The Bertz CT molecular complexity index is 735. The van der Waals surface area contributed by atoms with Crippen molar-refractivity contribution in [1.29, 1.82) is 0 Å². The van der Waals surface area contributed by atoms with Crippen LogP contribution < -0.4 is 20.1 Å². The van der Waals surface area contributed by atoms with Crippen LogP contribution in [0.5, 0.6) is 11.5 Å². The first kappa shape index (κ1) is 19.9. The Morgan fingerprint density at radius 2 is 1.92 bits per heavy atom. The van der Waals surface area contributed by atoms with Crippen LogP contribution in [0.15, 0.2) is 47.5 Å². The summed E-state index contributed by atoms with van der Waals surface area (Å²) in [6.07, 6.45) is 0.873. The highest BCUT2D eigenvalue weighted by Gasteiger charge is 2.06. The second kappa shape index (κ2) is 10.6. The Kier molecular flexibility index (Phi) is 8.09. The molecule has 2 rings (SSSR count). The number of nitrogens with zero attached hydrogens (tertiary/aromatic N) is 1. The van der Waals surface area contributed by atoms with Crippen molar-refractivity contribution in [3.8, 4) is 11.5 Å². The molecule has 0 aliphatic heterocycles. The Hall–Kier alpha value is -2.40. The molecule has 26 heavy (non-hydrogen) atoms. The SMILES string of the molecule is CCOc1cc(CNC(=NC)NCCc2cccc(Cl)c2)ccc1OC. The summed E-state index contributed by atoms with van der Waals surface area (Å²) >= 11 is 6.01. The van der Waals surface area contributed by atoms with Crippen LogP contribution in [0.25, 0.3) is 0 Å². The Morgan fingerprint density at radius 3 is 2.62 bits per heavy atom. The van der Waals surface area contributed by atoms with Gasteiger partial charge in [0.2, 0.25) is 0 Å². The van der Waals surface area contributed by atoms with E-state index in [0.29, 0.717) is 13.2 Å². The summed E-state index contributed by atoms with van der Waals surface area (Å²) in [6.45, 7) is 3.96. The van der Waals surface area contributed by atoms with Crippen LogP contribution in [0.1, 0.15) is 18.1 Å². The number of hydrogen-bond acceptors (Lipinski definition) is 3. The van der Waals surface area contributed by atoms with E-state index in [9.17, 15) is 0 Å². The summed E-state index contributed by atoms with van der Waals surface area (Å²) in [5, 5.41) is 7.38. The van der Waals surface area contributed by atoms with Gasteiger partial charge in [-0.1, -0.05) is 29.8 Å². The minimum Gasteiger partial charge on any atom is -0.493 e. The number of rotatable bonds is 8. The molecule has 0 bridgehead atoms. The van der Waals surface area contributed by atoms with Gasteiger partial charge in [-0.25, -0.2) is 0 Å². The van der Waals surface area contributed by atoms with Gasteiger partial charge < -0.3 is 20.1 Å². The van der Waals surface area contributed by atoms with Gasteiger partial charge in [-0.3, -0.25) is 4.99 Å². The largest absolute Gasteiger partial charge is 0.493 e. The van der Waals surface area contributed by atoms with E-state index in [-0.39, 0.29) is 0 Å². The molecule has 0 aliphatic rings. The number of ether oxygens (including phenoxy) is 2. The second-order valence-electron chi connectivity index (χ2n) is 5.65. The van der Waals surface area contributed by atoms with Gasteiger partial charge in [0.15, 0.2) is 17.5 Å². The van der Waals surface area contributed by atoms with Gasteiger partial charge >= 0.3 is 0 Å². The summed E-state index contributed by atoms with van der Waals surface area (Å²) in [4.78, 5) is 4.26. The Labute approximate surface area is 160 Å². The minimum atomic E-state index is 0.597. The molecule has 0 radical (unpaired) electrons. The third-order valence-electron chi connectivity index (χ3n) is 3.81. The molecule has 0 amide bonds.